The van der Waals surface area contributed by atoms with Crippen molar-refractivity contribution in [1.82, 2.24) is 24.8 Å². The summed E-state index contributed by atoms with van der Waals surface area (Å²) in [6.45, 7) is 6.98. The van der Waals surface area contributed by atoms with E-state index in [1.165, 1.54) is 6.20 Å². The topological polar surface area (TPSA) is 131 Å². The molecule has 1 saturated heterocycles. The quantitative estimate of drug-likeness (QED) is 0.361. The van der Waals surface area contributed by atoms with Crippen molar-refractivity contribution in [2.45, 2.75) is 45.3 Å². The van der Waals surface area contributed by atoms with E-state index < -0.39 is 5.60 Å². The Hall–Kier alpha value is -4.43. The summed E-state index contributed by atoms with van der Waals surface area (Å²) >= 11 is 0. The van der Waals surface area contributed by atoms with Crippen molar-refractivity contribution in [2.24, 2.45) is 0 Å². The first kappa shape index (κ1) is 26.2. The van der Waals surface area contributed by atoms with Gasteiger partial charge in [-0.2, -0.15) is 10.4 Å². The monoisotopic (exact) mass is 529 g/mol. The molecule has 5 rings (SSSR count). The molecule has 1 N–H and O–H groups in total. The number of hydrogen-bond acceptors (Lipinski definition) is 10. The van der Waals surface area contributed by atoms with E-state index in [2.05, 4.69) is 26.3 Å². The highest BCUT2D eigenvalue weighted by Crippen LogP contribution is 2.32. The number of nitrogens with zero attached hydrogens (tertiary/aromatic N) is 7. The lowest BCUT2D eigenvalue weighted by Gasteiger charge is -2.32. The molecule has 0 aliphatic carbocycles. The van der Waals surface area contributed by atoms with Gasteiger partial charge in [-0.15, -0.1) is 10.2 Å². The first-order chi connectivity index (χ1) is 18.7. The summed E-state index contributed by atoms with van der Waals surface area (Å²) in [4.78, 5) is 6.96. The third-order valence-corrected chi connectivity index (χ3v) is 6.52. The maximum absolute atomic E-state index is 10.1. The van der Waals surface area contributed by atoms with Crippen LogP contribution < -0.4 is 19.1 Å². The molecule has 0 saturated carbocycles. The van der Waals surface area contributed by atoms with E-state index in [4.69, 9.17) is 19.2 Å². The normalized spacial score (nSPS) is 14.3. The van der Waals surface area contributed by atoms with Gasteiger partial charge >= 0.3 is 0 Å². The van der Waals surface area contributed by atoms with Gasteiger partial charge in [-0.1, -0.05) is 0 Å². The van der Waals surface area contributed by atoms with Crippen molar-refractivity contribution in [1.29, 1.82) is 5.26 Å². The molecule has 0 amide bonds. The zero-order chi connectivity index (χ0) is 27.6. The molecule has 0 radical (unpaired) electrons. The molecular weight excluding hydrogens is 498 g/mol. The molecule has 11 nitrogen and oxygen atoms in total. The maximum Gasteiger partial charge on any atom is 0.236 e. The van der Waals surface area contributed by atoms with Crippen LogP contribution in [0.15, 0.2) is 42.9 Å². The molecule has 39 heavy (non-hydrogen) atoms. The van der Waals surface area contributed by atoms with E-state index in [0.29, 0.717) is 28.6 Å². The summed E-state index contributed by atoms with van der Waals surface area (Å²) < 4.78 is 18.7. The average molecular weight is 530 g/mol. The van der Waals surface area contributed by atoms with Crippen molar-refractivity contribution in [3.8, 4) is 34.7 Å². The van der Waals surface area contributed by atoms with E-state index in [0.717, 1.165) is 48.4 Å². The molecule has 1 aliphatic rings. The molecule has 5 heterocycles. The van der Waals surface area contributed by atoms with E-state index in [9.17, 15) is 10.4 Å². The SMILES string of the molecule is COc1nnc(OC2CCN(c3ccc(-c4cc(OCC(C)(C)O)cn5ncc(C#N)c45)cn3)CC2)cc1C. The van der Waals surface area contributed by atoms with Crippen LogP contribution >= 0.6 is 0 Å². The fourth-order valence-electron chi connectivity index (χ4n) is 4.55. The lowest BCUT2D eigenvalue weighted by atomic mass is 10.0. The summed E-state index contributed by atoms with van der Waals surface area (Å²) in [5.74, 6) is 2.41. The Balaban J connectivity index is 1.30. The number of aromatic nitrogens is 5. The first-order valence-electron chi connectivity index (χ1n) is 12.8. The van der Waals surface area contributed by atoms with Crippen LogP contribution in [0.2, 0.25) is 0 Å². The molecule has 202 valence electrons. The number of anilines is 1. The molecule has 0 aromatic carbocycles. The summed E-state index contributed by atoms with van der Waals surface area (Å²) in [5, 5.41) is 32.2. The zero-order valence-corrected chi connectivity index (χ0v) is 22.5. The van der Waals surface area contributed by atoms with Gasteiger partial charge in [0.2, 0.25) is 11.8 Å². The van der Waals surface area contributed by atoms with Crippen LogP contribution in [0.3, 0.4) is 0 Å². The number of piperidine rings is 1. The van der Waals surface area contributed by atoms with Gasteiger partial charge in [0.15, 0.2) is 0 Å². The van der Waals surface area contributed by atoms with Crippen molar-refractivity contribution in [2.75, 3.05) is 31.7 Å². The Bertz CT molecular complexity index is 1500. The van der Waals surface area contributed by atoms with Crippen molar-refractivity contribution in [3.63, 3.8) is 0 Å². The second-order valence-corrected chi connectivity index (χ2v) is 10.2. The number of methoxy groups -OCH3 is 1. The Morgan fingerprint density at radius 3 is 2.59 bits per heavy atom. The van der Waals surface area contributed by atoms with Gasteiger partial charge in [0, 0.05) is 54.9 Å². The lowest BCUT2D eigenvalue weighted by Crippen LogP contribution is -2.38. The molecule has 1 aliphatic heterocycles. The molecule has 4 aromatic rings. The van der Waals surface area contributed by atoms with Gasteiger partial charge in [0.1, 0.15) is 30.3 Å². The van der Waals surface area contributed by atoms with Gasteiger partial charge in [-0.25, -0.2) is 9.50 Å². The first-order valence-corrected chi connectivity index (χ1v) is 12.8. The third-order valence-electron chi connectivity index (χ3n) is 6.52. The van der Waals surface area contributed by atoms with E-state index >= 15 is 0 Å². The summed E-state index contributed by atoms with van der Waals surface area (Å²) in [7, 11) is 1.57. The van der Waals surface area contributed by atoms with Crippen LogP contribution in [0, 0.1) is 18.3 Å². The van der Waals surface area contributed by atoms with Gasteiger partial charge in [-0.05, 0) is 39.0 Å². The highest BCUT2D eigenvalue weighted by atomic mass is 16.5. The second kappa shape index (κ2) is 10.7. The number of fused-ring (bicyclic) bond motifs is 1. The van der Waals surface area contributed by atoms with Crippen molar-refractivity contribution < 1.29 is 19.3 Å². The van der Waals surface area contributed by atoms with Crippen LogP contribution in [0.1, 0.15) is 37.8 Å². The number of ether oxygens (including phenoxy) is 3. The Kier molecular flexibility index (Phi) is 7.21. The van der Waals surface area contributed by atoms with Crippen LogP contribution in [-0.2, 0) is 0 Å². The van der Waals surface area contributed by atoms with Crippen molar-refractivity contribution in [3.05, 3.63) is 54.0 Å². The van der Waals surface area contributed by atoms with Crippen LogP contribution in [0.4, 0.5) is 5.82 Å². The van der Waals surface area contributed by atoms with Crippen molar-refractivity contribution >= 4 is 11.3 Å². The zero-order valence-electron chi connectivity index (χ0n) is 22.5. The molecule has 0 unspecified atom stereocenters. The van der Waals surface area contributed by atoms with Gasteiger partial charge in [0.25, 0.3) is 0 Å². The van der Waals surface area contributed by atoms with Gasteiger partial charge < -0.3 is 24.2 Å². The Morgan fingerprint density at radius 1 is 1.15 bits per heavy atom. The Labute approximate surface area is 226 Å². The van der Waals surface area contributed by atoms with E-state index in [-0.39, 0.29) is 12.7 Å². The average Bonchev–Trinajstić information content (AvgIpc) is 3.35. The Morgan fingerprint density at radius 2 is 1.95 bits per heavy atom. The minimum atomic E-state index is -0.986. The molecule has 1 fully saturated rings. The second-order valence-electron chi connectivity index (χ2n) is 10.2. The minimum absolute atomic E-state index is 0.0498. The van der Waals surface area contributed by atoms with E-state index in [1.54, 1.807) is 37.9 Å². The largest absolute Gasteiger partial charge is 0.489 e. The van der Waals surface area contributed by atoms with E-state index in [1.807, 2.05) is 31.2 Å². The standard InChI is InChI=1S/C28H31N7O4/c1-18-11-25(32-33-27(18)37-4)39-21-7-9-34(10-8-21)24-6-5-19(14-30-24)23-12-22(38-17-28(2,3)36)16-35-26(23)20(13-29)15-31-35/h5-6,11-12,14-16,21,36H,7-10,17H2,1-4H3. The number of hydrogen-bond donors (Lipinski definition) is 1. The third kappa shape index (κ3) is 5.86. The fraction of sp³-hybridized carbons (Fsp3) is 0.393. The van der Waals surface area contributed by atoms with Crippen LogP contribution in [-0.4, -0.2) is 68.4 Å². The highest BCUT2D eigenvalue weighted by Gasteiger charge is 2.23. The molecule has 4 aromatic heterocycles. The summed E-state index contributed by atoms with van der Waals surface area (Å²) in [6.07, 6.45) is 6.76. The smallest absolute Gasteiger partial charge is 0.236 e. The van der Waals surface area contributed by atoms with Crippen LogP contribution in [0.25, 0.3) is 16.6 Å². The fourth-order valence-corrected chi connectivity index (χ4v) is 4.55. The molecule has 0 bridgehead atoms. The highest BCUT2D eigenvalue weighted by molar-refractivity contribution is 5.85. The predicted molar refractivity (Wildman–Crippen MR) is 144 cm³/mol. The number of nitriles is 1. The molecule has 11 heteroatoms. The molecule has 0 spiro atoms. The number of rotatable bonds is 8. The minimum Gasteiger partial charge on any atom is -0.489 e. The number of aryl methyl sites for hydroxylation is 1. The van der Waals surface area contributed by atoms with Gasteiger partial charge in [-0.3, -0.25) is 0 Å². The number of pyridine rings is 2. The molecular formula is C28H31N7O4. The molecule has 0 atom stereocenters. The summed E-state index contributed by atoms with van der Waals surface area (Å²) in [6, 6.07) is 9.88. The predicted octanol–water partition coefficient (Wildman–Crippen LogP) is 3.57. The van der Waals surface area contributed by atoms with Gasteiger partial charge in [0.05, 0.1) is 36.2 Å². The maximum atomic E-state index is 10.1. The van der Waals surface area contributed by atoms with Crippen LogP contribution in [0.5, 0.6) is 17.5 Å². The lowest BCUT2D eigenvalue weighted by molar-refractivity contribution is 0.0283. The summed E-state index contributed by atoms with van der Waals surface area (Å²) in [5.41, 5.74) is 2.65. The number of aliphatic hydroxyl groups is 1.